The second-order valence-corrected chi connectivity index (χ2v) is 6.87. The molecule has 21 heavy (non-hydrogen) atoms. The molecule has 114 valence electrons. The molecule has 5 heteroatoms. The van der Waals surface area contributed by atoms with E-state index < -0.39 is 0 Å². The monoisotopic (exact) mass is 352 g/mol. The van der Waals surface area contributed by atoms with Crippen LogP contribution in [0, 0.1) is 5.92 Å². The van der Waals surface area contributed by atoms with Crippen molar-refractivity contribution in [1.82, 2.24) is 10.2 Å². The first-order valence-electron chi connectivity index (χ1n) is 7.50. The lowest BCUT2D eigenvalue weighted by Gasteiger charge is -2.41. The fourth-order valence-corrected chi connectivity index (χ4v) is 3.85. The summed E-state index contributed by atoms with van der Waals surface area (Å²) >= 11 is 3.53. The van der Waals surface area contributed by atoms with Crippen molar-refractivity contribution in [2.45, 2.75) is 31.8 Å². The summed E-state index contributed by atoms with van der Waals surface area (Å²) in [5, 5.41) is 3.14. The summed E-state index contributed by atoms with van der Waals surface area (Å²) in [6.07, 6.45) is 2.74. The van der Waals surface area contributed by atoms with Crippen LogP contribution in [0.25, 0.3) is 0 Å². The summed E-state index contributed by atoms with van der Waals surface area (Å²) in [7, 11) is 1.72. The van der Waals surface area contributed by atoms with Crippen molar-refractivity contribution in [2.24, 2.45) is 5.92 Å². The number of rotatable bonds is 3. The van der Waals surface area contributed by atoms with Crippen molar-refractivity contribution in [2.75, 3.05) is 20.2 Å². The molecule has 0 radical (unpaired) electrons. The summed E-state index contributed by atoms with van der Waals surface area (Å²) in [6, 6.07) is 6.53. The van der Waals surface area contributed by atoms with Crippen LogP contribution in [-0.4, -0.2) is 37.0 Å². The van der Waals surface area contributed by atoms with E-state index in [-0.39, 0.29) is 5.91 Å². The number of amides is 1. The average Bonchev–Trinajstić information content (AvgIpc) is 2.48. The first-order chi connectivity index (χ1) is 10.2. The van der Waals surface area contributed by atoms with E-state index in [1.54, 1.807) is 7.11 Å². The molecule has 1 N–H and O–H groups in total. The van der Waals surface area contributed by atoms with E-state index in [2.05, 4.69) is 32.2 Å². The summed E-state index contributed by atoms with van der Waals surface area (Å²) in [6.45, 7) is 2.98. The molecule has 4 nitrogen and oxygen atoms in total. The molecule has 2 atom stereocenters. The number of hydrogen-bond acceptors (Lipinski definition) is 3. The lowest BCUT2D eigenvalue weighted by Crippen LogP contribution is -2.53. The Labute approximate surface area is 134 Å². The van der Waals surface area contributed by atoms with Gasteiger partial charge in [-0.25, -0.2) is 0 Å². The number of hydrogen-bond donors (Lipinski definition) is 1. The Balaban J connectivity index is 1.67. The van der Waals surface area contributed by atoms with E-state index in [1.807, 2.05) is 12.1 Å². The Morgan fingerprint density at radius 2 is 2.29 bits per heavy atom. The van der Waals surface area contributed by atoms with Gasteiger partial charge in [0.1, 0.15) is 5.75 Å². The fraction of sp³-hybridized carbons (Fsp3) is 0.562. The second-order valence-electron chi connectivity index (χ2n) is 5.95. The molecule has 0 bridgehead atoms. The van der Waals surface area contributed by atoms with Crippen molar-refractivity contribution < 1.29 is 9.53 Å². The first kappa shape index (κ1) is 14.9. The van der Waals surface area contributed by atoms with Crippen LogP contribution in [0.1, 0.15) is 24.8 Å². The van der Waals surface area contributed by atoms with Gasteiger partial charge in [-0.2, -0.15) is 0 Å². The summed E-state index contributed by atoms with van der Waals surface area (Å²) < 4.78 is 6.54. The van der Waals surface area contributed by atoms with Crippen LogP contribution in [0.15, 0.2) is 22.7 Å². The van der Waals surface area contributed by atoms with E-state index >= 15 is 0 Å². The van der Waals surface area contributed by atoms with E-state index in [4.69, 9.17) is 4.74 Å². The quantitative estimate of drug-likeness (QED) is 0.908. The van der Waals surface area contributed by atoms with Gasteiger partial charge in [0.05, 0.1) is 7.11 Å². The van der Waals surface area contributed by atoms with E-state index in [9.17, 15) is 4.79 Å². The van der Waals surface area contributed by atoms with Crippen LogP contribution in [0.5, 0.6) is 5.75 Å². The van der Waals surface area contributed by atoms with Crippen molar-refractivity contribution in [1.29, 1.82) is 0 Å². The minimum Gasteiger partial charge on any atom is -0.496 e. The van der Waals surface area contributed by atoms with Crippen molar-refractivity contribution in [3.8, 4) is 5.75 Å². The standard InChI is InChI=1S/C16H21BrN2O2/c1-21-15-4-3-13(17)8-12(15)10-19-7-6-14-11(9-19)2-5-16(20)18-14/h3-4,8,11,14H,2,5-7,9-10H2,1H3,(H,18,20). The number of nitrogens with zero attached hydrogens (tertiary/aromatic N) is 1. The normalized spacial score (nSPS) is 26.1. The van der Waals surface area contributed by atoms with Gasteiger partial charge in [-0.05, 0) is 37.0 Å². The van der Waals surface area contributed by atoms with E-state index in [1.165, 1.54) is 5.56 Å². The van der Waals surface area contributed by atoms with Gasteiger partial charge in [0.15, 0.2) is 0 Å². The molecule has 0 aromatic heterocycles. The third-order valence-corrected chi connectivity index (χ3v) is 5.04. The number of piperidine rings is 2. The van der Waals surface area contributed by atoms with Gasteiger partial charge >= 0.3 is 0 Å². The number of fused-ring (bicyclic) bond motifs is 1. The molecule has 0 aliphatic carbocycles. The second kappa shape index (κ2) is 6.36. The number of ether oxygens (including phenoxy) is 1. The number of methoxy groups -OCH3 is 1. The molecule has 2 heterocycles. The molecule has 2 saturated heterocycles. The maximum absolute atomic E-state index is 11.5. The number of benzene rings is 1. The fourth-order valence-electron chi connectivity index (χ4n) is 3.44. The number of halogens is 1. The van der Waals surface area contributed by atoms with Crippen LogP contribution in [-0.2, 0) is 11.3 Å². The Bertz CT molecular complexity index is 535. The smallest absolute Gasteiger partial charge is 0.220 e. The SMILES string of the molecule is COc1ccc(Br)cc1CN1CCC2NC(=O)CCC2C1. The predicted octanol–water partition coefficient (Wildman–Crippen LogP) is 2.56. The van der Waals surface area contributed by atoms with Gasteiger partial charge in [-0.3, -0.25) is 9.69 Å². The highest BCUT2D eigenvalue weighted by Crippen LogP contribution is 2.29. The van der Waals surface area contributed by atoms with Gasteiger partial charge in [0.25, 0.3) is 0 Å². The highest BCUT2D eigenvalue weighted by Gasteiger charge is 2.33. The Kier molecular flexibility index (Phi) is 4.50. The summed E-state index contributed by atoms with van der Waals surface area (Å²) in [5.41, 5.74) is 1.21. The molecular weight excluding hydrogens is 332 g/mol. The lowest BCUT2D eigenvalue weighted by atomic mass is 9.85. The molecule has 1 aromatic carbocycles. The van der Waals surface area contributed by atoms with Gasteiger partial charge in [-0.15, -0.1) is 0 Å². The number of likely N-dealkylation sites (tertiary alicyclic amines) is 1. The highest BCUT2D eigenvalue weighted by molar-refractivity contribution is 9.10. The summed E-state index contributed by atoms with van der Waals surface area (Å²) in [5.74, 6) is 1.75. The highest BCUT2D eigenvalue weighted by atomic mass is 79.9. The Morgan fingerprint density at radius 1 is 1.43 bits per heavy atom. The zero-order chi connectivity index (χ0) is 14.8. The topological polar surface area (TPSA) is 41.6 Å². The van der Waals surface area contributed by atoms with Gasteiger partial charge < -0.3 is 10.1 Å². The van der Waals surface area contributed by atoms with E-state index in [0.717, 1.165) is 42.7 Å². The maximum Gasteiger partial charge on any atom is 0.220 e. The third kappa shape index (κ3) is 3.40. The molecule has 1 aromatic rings. The number of carbonyl (C=O) groups is 1. The van der Waals surface area contributed by atoms with Gasteiger partial charge in [0.2, 0.25) is 5.91 Å². The third-order valence-electron chi connectivity index (χ3n) is 4.54. The molecule has 2 unspecified atom stereocenters. The minimum absolute atomic E-state index is 0.221. The van der Waals surface area contributed by atoms with Crippen LogP contribution >= 0.6 is 15.9 Å². The van der Waals surface area contributed by atoms with Crippen molar-refractivity contribution >= 4 is 21.8 Å². The predicted molar refractivity (Wildman–Crippen MR) is 85.2 cm³/mol. The molecule has 3 rings (SSSR count). The molecule has 2 fully saturated rings. The average molecular weight is 353 g/mol. The van der Waals surface area contributed by atoms with Gasteiger partial charge in [-0.1, -0.05) is 15.9 Å². The first-order valence-corrected chi connectivity index (χ1v) is 8.29. The van der Waals surface area contributed by atoms with Crippen LogP contribution in [0.3, 0.4) is 0 Å². The van der Waals surface area contributed by atoms with Gasteiger partial charge in [0, 0.05) is 42.1 Å². The van der Waals surface area contributed by atoms with Crippen molar-refractivity contribution in [3.05, 3.63) is 28.2 Å². The largest absolute Gasteiger partial charge is 0.496 e. The van der Waals surface area contributed by atoms with Crippen molar-refractivity contribution in [3.63, 3.8) is 0 Å². The van der Waals surface area contributed by atoms with Crippen LogP contribution in [0.4, 0.5) is 0 Å². The Morgan fingerprint density at radius 3 is 3.10 bits per heavy atom. The zero-order valence-corrected chi connectivity index (χ0v) is 13.9. The molecule has 2 aliphatic heterocycles. The Hall–Kier alpha value is -1.07. The minimum atomic E-state index is 0.221. The lowest BCUT2D eigenvalue weighted by molar-refractivity contribution is -0.125. The molecule has 1 amide bonds. The van der Waals surface area contributed by atoms with Crippen LogP contribution in [0.2, 0.25) is 0 Å². The molecule has 0 spiro atoms. The summed E-state index contributed by atoms with van der Waals surface area (Å²) in [4.78, 5) is 13.9. The maximum atomic E-state index is 11.5. The van der Waals surface area contributed by atoms with E-state index in [0.29, 0.717) is 18.4 Å². The number of nitrogens with one attached hydrogen (secondary N) is 1. The number of carbonyl (C=O) groups excluding carboxylic acids is 1. The zero-order valence-electron chi connectivity index (χ0n) is 12.3. The molecular formula is C16H21BrN2O2. The van der Waals surface area contributed by atoms with Crippen LogP contribution < -0.4 is 10.1 Å². The molecule has 2 aliphatic rings. The molecule has 0 saturated carbocycles.